The van der Waals surface area contributed by atoms with Crippen molar-refractivity contribution in [3.63, 3.8) is 0 Å². The van der Waals surface area contributed by atoms with E-state index in [0.29, 0.717) is 29.7 Å². The molecule has 3 heterocycles. The van der Waals surface area contributed by atoms with Crippen LogP contribution in [0.1, 0.15) is 41.9 Å². The van der Waals surface area contributed by atoms with Gasteiger partial charge >= 0.3 is 0 Å². The molecule has 6 nitrogen and oxygen atoms in total. The van der Waals surface area contributed by atoms with E-state index in [1.165, 1.54) is 0 Å². The Morgan fingerprint density at radius 3 is 2.96 bits per heavy atom. The second-order valence-electron chi connectivity index (χ2n) is 7.02. The highest BCUT2D eigenvalue weighted by atomic mass is 35.5. The zero-order chi connectivity index (χ0) is 18.8. The van der Waals surface area contributed by atoms with E-state index in [0.717, 1.165) is 61.3 Å². The number of halogens is 1. The molecule has 0 unspecified atom stereocenters. The van der Waals surface area contributed by atoms with Crippen molar-refractivity contribution in [3.05, 3.63) is 56.2 Å². The van der Waals surface area contributed by atoms with E-state index < -0.39 is 0 Å². The zero-order valence-corrected chi connectivity index (χ0v) is 16.2. The van der Waals surface area contributed by atoms with Crippen molar-refractivity contribution in [1.29, 1.82) is 0 Å². The summed E-state index contributed by atoms with van der Waals surface area (Å²) in [7, 11) is 1.61. The predicted octanol–water partition coefficient (Wildman–Crippen LogP) is 2.96. The van der Waals surface area contributed by atoms with Gasteiger partial charge in [0.15, 0.2) is 5.82 Å². The number of nitrogens with zero attached hydrogens (tertiary/aromatic N) is 3. The van der Waals surface area contributed by atoms with E-state index in [-0.39, 0.29) is 5.56 Å². The van der Waals surface area contributed by atoms with Crippen molar-refractivity contribution in [3.8, 4) is 5.75 Å². The molecule has 0 saturated heterocycles. The van der Waals surface area contributed by atoms with E-state index in [2.05, 4.69) is 14.9 Å². The van der Waals surface area contributed by atoms with Crippen LogP contribution in [0.15, 0.2) is 28.0 Å². The van der Waals surface area contributed by atoms with Gasteiger partial charge in [-0.15, -0.1) is 0 Å². The maximum Gasteiger partial charge on any atom is 0.255 e. The van der Waals surface area contributed by atoms with Crippen LogP contribution in [0.5, 0.6) is 5.75 Å². The molecule has 4 rings (SSSR count). The van der Waals surface area contributed by atoms with Crippen molar-refractivity contribution in [2.24, 2.45) is 4.99 Å². The molecule has 2 aromatic rings. The molecule has 0 atom stereocenters. The number of fused-ring (bicyclic) bond motifs is 1. The minimum absolute atomic E-state index is 0.0512. The highest BCUT2D eigenvalue weighted by Crippen LogP contribution is 2.29. The van der Waals surface area contributed by atoms with Gasteiger partial charge in [-0.05, 0) is 30.9 Å². The Bertz CT molecular complexity index is 938. The van der Waals surface area contributed by atoms with Crippen molar-refractivity contribution >= 4 is 17.3 Å². The number of aromatic nitrogens is 2. The van der Waals surface area contributed by atoms with E-state index in [1.807, 2.05) is 18.2 Å². The summed E-state index contributed by atoms with van der Waals surface area (Å²) in [6.45, 7) is 2.90. The summed E-state index contributed by atoms with van der Waals surface area (Å²) < 4.78 is 5.29. The number of nitrogens with one attached hydrogen (secondary N) is 1. The quantitative estimate of drug-likeness (QED) is 0.876. The van der Waals surface area contributed by atoms with Crippen LogP contribution in [0.2, 0.25) is 5.02 Å². The van der Waals surface area contributed by atoms with Gasteiger partial charge in [-0.3, -0.25) is 14.7 Å². The van der Waals surface area contributed by atoms with Crippen LogP contribution in [0.25, 0.3) is 0 Å². The highest BCUT2D eigenvalue weighted by molar-refractivity contribution is 6.32. The topological polar surface area (TPSA) is 70.6 Å². The molecule has 0 radical (unpaired) electrons. The van der Waals surface area contributed by atoms with Crippen LogP contribution in [-0.4, -0.2) is 40.8 Å². The minimum atomic E-state index is -0.0512. The molecule has 1 N–H and O–H groups in total. The van der Waals surface area contributed by atoms with Crippen LogP contribution in [0.4, 0.5) is 0 Å². The summed E-state index contributed by atoms with van der Waals surface area (Å²) in [5, 5.41) is 0.628. The molecule has 1 aromatic heterocycles. The smallest absolute Gasteiger partial charge is 0.255 e. The molecule has 0 spiro atoms. The van der Waals surface area contributed by atoms with E-state index in [9.17, 15) is 4.79 Å². The lowest BCUT2D eigenvalue weighted by Crippen LogP contribution is -2.36. The Labute approximate surface area is 163 Å². The predicted molar refractivity (Wildman–Crippen MR) is 106 cm³/mol. The summed E-state index contributed by atoms with van der Waals surface area (Å²) in [4.78, 5) is 27.1. The molecule has 142 valence electrons. The zero-order valence-electron chi connectivity index (χ0n) is 15.4. The number of hydrogen-bond donors (Lipinski definition) is 1. The molecular weight excluding hydrogens is 364 g/mol. The van der Waals surface area contributed by atoms with Crippen molar-refractivity contribution in [1.82, 2.24) is 14.9 Å². The highest BCUT2D eigenvalue weighted by Gasteiger charge is 2.23. The van der Waals surface area contributed by atoms with Gasteiger partial charge in [0, 0.05) is 32.6 Å². The van der Waals surface area contributed by atoms with Gasteiger partial charge in [0.05, 0.1) is 29.1 Å². The first-order chi connectivity index (χ1) is 13.2. The number of rotatable bonds is 4. The number of aliphatic imine (C=N–C) groups is 1. The first-order valence-electron chi connectivity index (χ1n) is 9.35. The number of H-pyrrole nitrogens is 1. The average Bonchev–Trinajstić information content (AvgIpc) is 2.70. The molecular formula is C20H23ClN4O2. The third-order valence-electron chi connectivity index (χ3n) is 5.20. The van der Waals surface area contributed by atoms with E-state index in [4.69, 9.17) is 21.3 Å². The number of benzene rings is 1. The van der Waals surface area contributed by atoms with Gasteiger partial charge in [-0.25, -0.2) is 4.98 Å². The van der Waals surface area contributed by atoms with Gasteiger partial charge < -0.3 is 9.72 Å². The lowest BCUT2D eigenvalue weighted by atomic mass is 10.0. The second-order valence-corrected chi connectivity index (χ2v) is 7.40. The van der Waals surface area contributed by atoms with Crippen molar-refractivity contribution < 1.29 is 4.74 Å². The number of methoxy groups -OCH3 is 1. The monoisotopic (exact) mass is 386 g/mol. The lowest BCUT2D eigenvalue weighted by molar-refractivity contribution is 0.241. The summed E-state index contributed by atoms with van der Waals surface area (Å²) in [5.74, 6) is 1.33. The van der Waals surface area contributed by atoms with Gasteiger partial charge in [0.25, 0.3) is 5.56 Å². The molecule has 27 heavy (non-hydrogen) atoms. The molecule has 0 saturated carbocycles. The fraction of sp³-hybridized carbons (Fsp3) is 0.450. The fourth-order valence-electron chi connectivity index (χ4n) is 3.72. The Kier molecular flexibility index (Phi) is 5.27. The Balaban J connectivity index is 1.55. The Morgan fingerprint density at radius 1 is 1.30 bits per heavy atom. The maximum absolute atomic E-state index is 12.7. The van der Waals surface area contributed by atoms with Crippen molar-refractivity contribution in [2.45, 2.75) is 38.8 Å². The van der Waals surface area contributed by atoms with Crippen LogP contribution in [-0.2, 0) is 19.5 Å². The van der Waals surface area contributed by atoms with Gasteiger partial charge in [0.1, 0.15) is 5.75 Å². The molecule has 1 aromatic carbocycles. The van der Waals surface area contributed by atoms with Crippen molar-refractivity contribution in [2.75, 3.05) is 20.2 Å². The van der Waals surface area contributed by atoms with Crippen LogP contribution in [0, 0.1) is 0 Å². The second kappa shape index (κ2) is 7.82. The largest absolute Gasteiger partial charge is 0.495 e. The van der Waals surface area contributed by atoms with Crippen LogP contribution >= 0.6 is 11.6 Å². The number of ether oxygens (including phenoxy) is 1. The molecule has 0 amide bonds. The molecule has 7 heteroatoms. The Morgan fingerprint density at radius 2 is 2.19 bits per heavy atom. The summed E-state index contributed by atoms with van der Waals surface area (Å²) in [5.41, 5.74) is 3.53. The molecule has 2 aliphatic rings. The molecule has 2 aliphatic heterocycles. The third-order valence-corrected chi connectivity index (χ3v) is 5.63. The van der Waals surface area contributed by atoms with Gasteiger partial charge in [-0.2, -0.15) is 0 Å². The van der Waals surface area contributed by atoms with Crippen LogP contribution < -0.4 is 10.3 Å². The molecule has 0 bridgehead atoms. The summed E-state index contributed by atoms with van der Waals surface area (Å²) in [6, 6.07) is 5.78. The molecule has 0 aliphatic carbocycles. The molecule has 0 fully saturated rings. The first-order valence-corrected chi connectivity index (χ1v) is 9.73. The standard InChI is InChI=1S/C20H23ClN4O2/c1-27-17-7-4-5-13(18(17)21)11-25-10-8-15-14(12-25)20(26)24-19(23-15)16-6-2-3-9-22-16/h4-5,7H,2-3,6,8-12H2,1H3,(H,23,24,26). The summed E-state index contributed by atoms with van der Waals surface area (Å²) >= 11 is 6.42. The number of hydrogen-bond acceptors (Lipinski definition) is 5. The van der Waals surface area contributed by atoms with Gasteiger partial charge in [-0.1, -0.05) is 23.7 Å². The normalized spacial score (nSPS) is 17.3. The summed E-state index contributed by atoms with van der Waals surface area (Å²) in [6.07, 6.45) is 3.86. The number of aromatic amines is 1. The van der Waals surface area contributed by atoms with Crippen LogP contribution in [0.3, 0.4) is 0 Å². The van der Waals surface area contributed by atoms with Gasteiger partial charge in [0.2, 0.25) is 0 Å². The SMILES string of the molecule is COc1cccc(CN2CCc3nc(C4=NCCCC4)[nH]c(=O)c3C2)c1Cl. The van der Waals surface area contributed by atoms with E-state index >= 15 is 0 Å². The fourth-order valence-corrected chi connectivity index (χ4v) is 3.98. The lowest BCUT2D eigenvalue weighted by Gasteiger charge is -2.28. The average molecular weight is 387 g/mol. The van der Waals surface area contributed by atoms with E-state index in [1.54, 1.807) is 7.11 Å². The minimum Gasteiger partial charge on any atom is -0.495 e. The third kappa shape index (κ3) is 3.77. The Hall–Kier alpha value is -2.18. The first kappa shape index (κ1) is 18.2. The maximum atomic E-state index is 12.7.